The number of nitrogens with zero attached hydrogens (tertiary/aromatic N) is 7. The van der Waals surface area contributed by atoms with Crippen LogP contribution in [0.1, 0.15) is 26.5 Å². The molecule has 0 N–H and O–H groups in total. The summed E-state index contributed by atoms with van der Waals surface area (Å²) in [6.45, 7) is 2.98. The van der Waals surface area contributed by atoms with Crippen LogP contribution in [-0.4, -0.2) is 47.0 Å². The molecule has 0 aliphatic heterocycles. The Morgan fingerprint density at radius 3 is 2.93 bits per heavy atom. The Labute approximate surface area is 159 Å². The fourth-order valence-corrected chi connectivity index (χ4v) is 3.46. The van der Waals surface area contributed by atoms with Crippen molar-refractivity contribution in [2.45, 2.75) is 20.0 Å². The van der Waals surface area contributed by atoms with Gasteiger partial charge in [0, 0.05) is 25.6 Å². The lowest BCUT2D eigenvalue weighted by molar-refractivity contribution is 0.0786. The molecule has 0 bridgehead atoms. The Kier molecular flexibility index (Phi) is 4.59. The maximum Gasteiger partial charge on any atom is 0.255 e. The summed E-state index contributed by atoms with van der Waals surface area (Å²) in [5.74, 6) is -0.112. The average Bonchev–Trinajstić information content (AvgIpc) is 3.28. The van der Waals surface area contributed by atoms with Crippen molar-refractivity contribution >= 4 is 28.6 Å². The van der Waals surface area contributed by atoms with Gasteiger partial charge in [0.2, 0.25) is 0 Å². The van der Waals surface area contributed by atoms with Crippen molar-refractivity contribution in [3.8, 4) is 0 Å². The van der Waals surface area contributed by atoms with Crippen LogP contribution in [0.4, 0.5) is 0 Å². The van der Waals surface area contributed by atoms with Crippen molar-refractivity contribution in [3.63, 3.8) is 0 Å². The van der Waals surface area contributed by atoms with Crippen molar-refractivity contribution in [2.24, 2.45) is 0 Å². The molecule has 0 saturated carbocycles. The maximum atomic E-state index is 12.7. The molecule has 0 atom stereocenters. The topological polar surface area (TPSA) is 89.7 Å². The van der Waals surface area contributed by atoms with Gasteiger partial charge in [-0.05, 0) is 36.2 Å². The molecule has 4 aromatic heterocycles. The van der Waals surface area contributed by atoms with Crippen LogP contribution in [0.15, 0.2) is 43.1 Å². The molecule has 1 amide bonds. The standard InChI is InChI=1S/C18H17N7OS/c1-12-16(27-23-22-12)10-24(2)18(26)14-6-15-17(20-8-14)25(11-21-15)9-13-4-3-5-19-7-13/h3-8,11H,9-10H2,1-2H3. The largest absolute Gasteiger partial charge is 0.336 e. The minimum absolute atomic E-state index is 0.112. The van der Waals surface area contributed by atoms with Gasteiger partial charge in [-0.15, -0.1) is 5.10 Å². The summed E-state index contributed by atoms with van der Waals surface area (Å²) in [6.07, 6.45) is 6.89. The first-order valence-electron chi connectivity index (χ1n) is 8.35. The lowest BCUT2D eigenvalue weighted by atomic mass is 10.2. The molecule has 0 unspecified atom stereocenters. The van der Waals surface area contributed by atoms with Crippen molar-refractivity contribution in [1.82, 2.24) is 34.0 Å². The highest BCUT2D eigenvalue weighted by Crippen LogP contribution is 2.17. The lowest BCUT2D eigenvalue weighted by Gasteiger charge is -2.16. The molecule has 0 aromatic carbocycles. The first kappa shape index (κ1) is 17.2. The lowest BCUT2D eigenvalue weighted by Crippen LogP contribution is -2.26. The number of aryl methyl sites for hydroxylation is 1. The molecule has 136 valence electrons. The average molecular weight is 379 g/mol. The van der Waals surface area contributed by atoms with Gasteiger partial charge >= 0.3 is 0 Å². The predicted octanol–water partition coefficient (Wildman–Crippen LogP) is 2.31. The Hall–Kier alpha value is -3.20. The molecule has 0 fully saturated rings. The molecule has 27 heavy (non-hydrogen) atoms. The second kappa shape index (κ2) is 7.20. The first-order chi connectivity index (χ1) is 13.1. The Morgan fingerprint density at radius 1 is 1.30 bits per heavy atom. The summed E-state index contributed by atoms with van der Waals surface area (Å²) >= 11 is 1.31. The molecule has 9 heteroatoms. The van der Waals surface area contributed by atoms with Crippen molar-refractivity contribution < 1.29 is 4.79 Å². The predicted molar refractivity (Wildman–Crippen MR) is 101 cm³/mol. The third-order valence-corrected chi connectivity index (χ3v) is 5.06. The van der Waals surface area contributed by atoms with E-state index < -0.39 is 0 Å². The number of imidazole rings is 1. The third kappa shape index (κ3) is 3.54. The second-order valence-corrected chi connectivity index (χ2v) is 7.08. The van der Waals surface area contributed by atoms with Crippen LogP contribution < -0.4 is 0 Å². The fraction of sp³-hybridized carbons (Fsp3) is 0.222. The summed E-state index contributed by atoms with van der Waals surface area (Å²) in [4.78, 5) is 28.3. The molecule has 8 nitrogen and oxygen atoms in total. The van der Waals surface area contributed by atoms with Crippen LogP contribution in [0.25, 0.3) is 11.2 Å². The Morgan fingerprint density at radius 2 is 2.19 bits per heavy atom. The van der Waals surface area contributed by atoms with E-state index in [0.717, 1.165) is 21.8 Å². The van der Waals surface area contributed by atoms with E-state index in [-0.39, 0.29) is 5.91 Å². The summed E-state index contributed by atoms with van der Waals surface area (Å²) in [6, 6.07) is 5.68. The molecule has 0 saturated heterocycles. The zero-order valence-corrected chi connectivity index (χ0v) is 15.7. The molecule has 0 spiro atoms. The summed E-state index contributed by atoms with van der Waals surface area (Å²) in [5, 5.41) is 3.98. The van der Waals surface area contributed by atoms with Crippen LogP contribution in [0.5, 0.6) is 0 Å². The SMILES string of the molecule is Cc1nnsc1CN(C)C(=O)c1cnc2c(c1)ncn2Cc1cccnc1. The van der Waals surface area contributed by atoms with Crippen LogP contribution in [0.3, 0.4) is 0 Å². The number of hydrogen-bond donors (Lipinski definition) is 0. The Bertz CT molecular complexity index is 1090. The molecular weight excluding hydrogens is 362 g/mol. The minimum Gasteiger partial charge on any atom is -0.336 e. The van der Waals surface area contributed by atoms with E-state index in [0.29, 0.717) is 24.2 Å². The normalized spacial score (nSPS) is 11.0. The molecular formula is C18H17N7OS. The van der Waals surface area contributed by atoms with Gasteiger partial charge in [0.25, 0.3) is 5.91 Å². The van der Waals surface area contributed by atoms with Crippen LogP contribution in [0, 0.1) is 6.92 Å². The van der Waals surface area contributed by atoms with Gasteiger partial charge < -0.3 is 9.47 Å². The van der Waals surface area contributed by atoms with E-state index in [2.05, 4.69) is 24.5 Å². The van der Waals surface area contributed by atoms with Gasteiger partial charge in [0.15, 0.2) is 5.65 Å². The fourth-order valence-electron chi connectivity index (χ4n) is 2.77. The van der Waals surface area contributed by atoms with E-state index in [1.54, 1.807) is 36.7 Å². The molecule has 0 aliphatic carbocycles. The third-order valence-electron chi connectivity index (χ3n) is 4.25. The summed E-state index contributed by atoms with van der Waals surface area (Å²) in [7, 11) is 1.76. The van der Waals surface area contributed by atoms with Crippen molar-refractivity contribution in [2.75, 3.05) is 7.05 Å². The highest BCUT2D eigenvalue weighted by Gasteiger charge is 2.17. The number of hydrogen-bond acceptors (Lipinski definition) is 7. The quantitative estimate of drug-likeness (QED) is 0.529. The van der Waals surface area contributed by atoms with E-state index in [1.807, 2.05) is 29.8 Å². The number of carbonyl (C=O) groups is 1. The number of carbonyl (C=O) groups excluding carboxylic acids is 1. The highest BCUT2D eigenvalue weighted by atomic mass is 32.1. The monoisotopic (exact) mass is 379 g/mol. The smallest absolute Gasteiger partial charge is 0.255 e. The van der Waals surface area contributed by atoms with Crippen LogP contribution in [-0.2, 0) is 13.1 Å². The van der Waals surface area contributed by atoms with Gasteiger partial charge in [-0.1, -0.05) is 10.6 Å². The Balaban J connectivity index is 1.55. The van der Waals surface area contributed by atoms with E-state index in [1.165, 1.54) is 11.5 Å². The number of amides is 1. The van der Waals surface area contributed by atoms with Gasteiger partial charge in [0.1, 0.15) is 5.52 Å². The number of rotatable bonds is 5. The molecule has 0 aliphatic rings. The maximum absolute atomic E-state index is 12.7. The van der Waals surface area contributed by atoms with E-state index in [9.17, 15) is 4.79 Å². The zero-order chi connectivity index (χ0) is 18.8. The van der Waals surface area contributed by atoms with Gasteiger partial charge in [-0.25, -0.2) is 9.97 Å². The van der Waals surface area contributed by atoms with Crippen molar-refractivity contribution in [3.05, 3.63) is 64.8 Å². The molecule has 4 aromatic rings. The zero-order valence-electron chi connectivity index (χ0n) is 14.9. The van der Waals surface area contributed by atoms with Crippen molar-refractivity contribution in [1.29, 1.82) is 0 Å². The van der Waals surface area contributed by atoms with Gasteiger partial charge in [-0.3, -0.25) is 9.78 Å². The number of aromatic nitrogens is 6. The summed E-state index contributed by atoms with van der Waals surface area (Å²) in [5.41, 5.74) is 3.84. The summed E-state index contributed by atoms with van der Waals surface area (Å²) < 4.78 is 5.85. The van der Waals surface area contributed by atoms with Crippen LogP contribution >= 0.6 is 11.5 Å². The van der Waals surface area contributed by atoms with Gasteiger partial charge in [-0.2, -0.15) is 0 Å². The molecule has 0 radical (unpaired) electrons. The molecule has 4 rings (SSSR count). The highest BCUT2D eigenvalue weighted by molar-refractivity contribution is 7.05. The number of fused-ring (bicyclic) bond motifs is 1. The minimum atomic E-state index is -0.112. The first-order valence-corrected chi connectivity index (χ1v) is 9.12. The van der Waals surface area contributed by atoms with Crippen LogP contribution in [0.2, 0.25) is 0 Å². The second-order valence-electron chi connectivity index (χ2n) is 6.24. The van der Waals surface area contributed by atoms with E-state index >= 15 is 0 Å². The van der Waals surface area contributed by atoms with Gasteiger partial charge in [0.05, 0.1) is 35.6 Å². The molecule has 4 heterocycles. The van der Waals surface area contributed by atoms with E-state index in [4.69, 9.17) is 0 Å². The number of pyridine rings is 2.